The highest BCUT2D eigenvalue weighted by molar-refractivity contribution is 6.32. The van der Waals surface area contributed by atoms with Crippen molar-refractivity contribution in [3.63, 3.8) is 0 Å². The van der Waals surface area contributed by atoms with Crippen molar-refractivity contribution < 1.29 is 9.63 Å². The number of hydrogen-bond donors (Lipinski definition) is 2. The summed E-state index contributed by atoms with van der Waals surface area (Å²) in [5.41, 5.74) is 6.38. The summed E-state index contributed by atoms with van der Waals surface area (Å²) in [6.45, 7) is 0. The maximum absolute atomic E-state index is 9.62. The van der Waals surface area contributed by atoms with Gasteiger partial charge in [-0.25, -0.2) is 0 Å². The number of rotatable bonds is 1. The van der Waals surface area contributed by atoms with E-state index in [2.05, 4.69) is 5.16 Å². The summed E-state index contributed by atoms with van der Waals surface area (Å²) in [5, 5.41) is 13.4. The number of halogens is 1. The summed E-state index contributed by atoms with van der Waals surface area (Å²) >= 11 is 5.73. The average Bonchev–Trinajstić information content (AvgIpc) is 2.57. The maximum Gasteiger partial charge on any atom is 0.193 e. The van der Waals surface area contributed by atoms with E-state index in [1.807, 2.05) is 0 Å². The zero-order valence-corrected chi connectivity index (χ0v) is 7.82. The van der Waals surface area contributed by atoms with Crippen LogP contribution in [0.3, 0.4) is 0 Å². The van der Waals surface area contributed by atoms with E-state index < -0.39 is 0 Å². The van der Waals surface area contributed by atoms with Crippen LogP contribution in [0.2, 0.25) is 5.02 Å². The molecule has 0 saturated heterocycles. The average molecular weight is 211 g/mol. The summed E-state index contributed by atoms with van der Waals surface area (Å²) < 4.78 is 4.89. The minimum atomic E-state index is -0.0578. The minimum Gasteiger partial charge on any atom is -0.506 e. The first-order valence-electron chi connectivity index (χ1n) is 3.88. The molecule has 1 heterocycles. The van der Waals surface area contributed by atoms with Gasteiger partial charge in [-0.1, -0.05) is 22.8 Å². The van der Waals surface area contributed by atoms with Crippen LogP contribution < -0.4 is 5.73 Å². The van der Waals surface area contributed by atoms with Crippen LogP contribution in [0, 0.1) is 0 Å². The second kappa shape index (κ2) is 3.23. The smallest absolute Gasteiger partial charge is 0.193 e. The second-order valence-corrected chi connectivity index (χ2v) is 3.15. The molecule has 0 unspecified atom stereocenters. The standard InChI is InChI=1S/C9H7ClN2O2/c10-6-3-1-2-5(8(6)13)9-7(11)4-12-14-9/h1-4,13H,11H2. The summed E-state index contributed by atoms with van der Waals surface area (Å²) in [7, 11) is 0. The number of phenolic OH excluding ortho intramolecular Hbond substituents is 1. The predicted octanol–water partition coefficient (Wildman–Crippen LogP) is 2.28. The molecular weight excluding hydrogens is 204 g/mol. The largest absolute Gasteiger partial charge is 0.506 e. The fraction of sp³-hybridized carbons (Fsp3) is 0. The van der Waals surface area contributed by atoms with E-state index in [-0.39, 0.29) is 10.8 Å². The number of nitrogens with zero attached hydrogens (tertiary/aromatic N) is 1. The second-order valence-electron chi connectivity index (χ2n) is 2.75. The molecule has 0 spiro atoms. The van der Waals surface area contributed by atoms with Gasteiger partial charge in [-0.15, -0.1) is 0 Å². The lowest BCUT2D eigenvalue weighted by Gasteiger charge is -2.02. The van der Waals surface area contributed by atoms with E-state index in [0.717, 1.165) is 0 Å². The van der Waals surface area contributed by atoms with Gasteiger partial charge in [0, 0.05) is 0 Å². The zero-order chi connectivity index (χ0) is 10.1. The van der Waals surface area contributed by atoms with Crippen molar-refractivity contribution in [2.75, 3.05) is 5.73 Å². The SMILES string of the molecule is Nc1cnoc1-c1cccc(Cl)c1O. The molecular formula is C9H7ClN2O2. The zero-order valence-electron chi connectivity index (χ0n) is 7.07. The third-order valence-corrected chi connectivity index (χ3v) is 2.13. The Hall–Kier alpha value is -1.68. The van der Waals surface area contributed by atoms with Crippen LogP contribution in [0.4, 0.5) is 5.69 Å². The number of anilines is 1. The van der Waals surface area contributed by atoms with Crippen molar-refractivity contribution >= 4 is 17.3 Å². The fourth-order valence-corrected chi connectivity index (χ4v) is 1.32. The van der Waals surface area contributed by atoms with Crippen LogP contribution in [-0.2, 0) is 0 Å². The fourth-order valence-electron chi connectivity index (χ4n) is 1.15. The number of nitrogen functional groups attached to an aromatic ring is 1. The lowest BCUT2D eigenvalue weighted by atomic mass is 10.1. The Labute approximate surface area is 84.9 Å². The van der Waals surface area contributed by atoms with E-state index in [0.29, 0.717) is 17.0 Å². The molecule has 3 N–H and O–H groups in total. The van der Waals surface area contributed by atoms with Gasteiger partial charge in [0.25, 0.3) is 0 Å². The molecule has 0 saturated carbocycles. The van der Waals surface area contributed by atoms with Gasteiger partial charge in [0.2, 0.25) is 0 Å². The van der Waals surface area contributed by atoms with Crippen molar-refractivity contribution in [2.45, 2.75) is 0 Å². The van der Waals surface area contributed by atoms with Crippen LogP contribution in [0.15, 0.2) is 28.9 Å². The van der Waals surface area contributed by atoms with E-state index in [9.17, 15) is 5.11 Å². The lowest BCUT2D eigenvalue weighted by molar-refractivity contribution is 0.426. The Kier molecular flexibility index (Phi) is 2.05. The number of nitrogens with two attached hydrogens (primary N) is 1. The molecule has 4 nitrogen and oxygen atoms in total. The highest BCUT2D eigenvalue weighted by Crippen LogP contribution is 2.37. The van der Waals surface area contributed by atoms with Gasteiger partial charge >= 0.3 is 0 Å². The molecule has 5 heteroatoms. The van der Waals surface area contributed by atoms with Crippen molar-refractivity contribution in [2.24, 2.45) is 0 Å². The Morgan fingerprint density at radius 1 is 1.43 bits per heavy atom. The predicted molar refractivity (Wildman–Crippen MR) is 53.0 cm³/mol. The van der Waals surface area contributed by atoms with Crippen molar-refractivity contribution in [3.05, 3.63) is 29.4 Å². The molecule has 0 bridgehead atoms. The maximum atomic E-state index is 9.62. The number of aromatic hydroxyl groups is 1. The molecule has 0 aliphatic rings. The Morgan fingerprint density at radius 3 is 2.86 bits per heavy atom. The van der Waals surface area contributed by atoms with E-state index in [1.165, 1.54) is 6.20 Å². The summed E-state index contributed by atoms with van der Waals surface area (Å²) in [6.07, 6.45) is 1.37. The Balaban J connectivity index is 2.63. The normalized spacial score (nSPS) is 10.4. The van der Waals surface area contributed by atoms with Crippen LogP contribution in [-0.4, -0.2) is 10.3 Å². The third kappa shape index (κ3) is 1.29. The first kappa shape index (κ1) is 8.90. The monoisotopic (exact) mass is 210 g/mol. The van der Waals surface area contributed by atoms with Gasteiger partial charge in [-0.2, -0.15) is 0 Å². The van der Waals surface area contributed by atoms with Crippen LogP contribution >= 0.6 is 11.6 Å². The van der Waals surface area contributed by atoms with Crippen LogP contribution in [0.25, 0.3) is 11.3 Å². The molecule has 14 heavy (non-hydrogen) atoms. The molecule has 0 aliphatic heterocycles. The topological polar surface area (TPSA) is 72.3 Å². The van der Waals surface area contributed by atoms with Gasteiger partial charge in [0.15, 0.2) is 5.76 Å². The number of benzene rings is 1. The first-order valence-corrected chi connectivity index (χ1v) is 4.26. The van der Waals surface area contributed by atoms with Crippen molar-refractivity contribution in [1.82, 2.24) is 5.16 Å². The van der Waals surface area contributed by atoms with E-state index in [4.69, 9.17) is 21.9 Å². The number of phenols is 1. The molecule has 1 aromatic carbocycles. The Morgan fingerprint density at radius 2 is 2.21 bits per heavy atom. The number of para-hydroxylation sites is 1. The summed E-state index contributed by atoms with van der Waals surface area (Å²) in [5.74, 6) is 0.266. The molecule has 0 amide bonds. The quantitative estimate of drug-likeness (QED) is 0.758. The van der Waals surface area contributed by atoms with Crippen molar-refractivity contribution in [1.29, 1.82) is 0 Å². The highest BCUT2D eigenvalue weighted by Gasteiger charge is 2.13. The lowest BCUT2D eigenvalue weighted by Crippen LogP contribution is -1.85. The summed E-state index contributed by atoms with van der Waals surface area (Å²) in [6, 6.07) is 4.92. The van der Waals surface area contributed by atoms with Gasteiger partial charge in [0.1, 0.15) is 11.4 Å². The molecule has 0 fully saturated rings. The van der Waals surface area contributed by atoms with Gasteiger partial charge in [0.05, 0.1) is 16.8 Å². The third-order valence-electron chi connectivity index (χ3n) is 1.83. The summed E-state index contributed by atoms with van der Waals surface area (Å²) in [4.78, 5) is 0. The number of hydrogen-bond acceptors (Lipinski definition) is 4. The molecule has 2 aromatic rings. The molecule has 0 atom stereocenters. The molecule has 0 radical (unpaired) electrons. The molecule has 72 valence electrons. The van der Waals surface area contributed by atoms with Crippen molar-refractivity contribution in [3.8, 4) is 17.1 Å². The molecule has 1 aromatic heterocycles. The highest BCUT2D eigenvalue weighted by atomic mass is 35.5. The first-order chi connectivity index (χ1) is 6.70. The van der Waals surface area contributed by atoms with Gasteiger partial charge < -0.3 is 15.4 Å². The van der Waals surface area contributed by atoms with Gasteiger partial charge in [-0.3, -0.25) is 0 Å². The Bertz CT molecular complexity index is 468. The number of aromatic nitrogens is 1. The van der Waals surface area contributed by atoms with E-state index >= 15 is 0 Å². The van der Waals surface area contributed by atoms with Gasteiger partial charge in [-0.05, 0) is 12.1 Å². The van der Waals surface area contributed by atoms with Crippen LogP contribution in [0.5, 0.6) is 5.75 Å². The van der Waals surface area contributed by atoms with Crippen LogP contribution in [0.1, 0.15) is 0 Å². The molecule has 2 rings (SSSR count). The molecule has 0 aliphatic carbocycles. The minimum absolute atomic E-state index is 0.0578. The van der Waals surface area contributed by atoms with E-state index in [1.54, 1.807) is 18.2 Å².